The van der Waals surface area contributed by atoms with Gasteiger partial charge in [0.15, 0.2) is 0 Å². The maximum atomic E-state index is 5.82. The summed E-state index contributed by atoms with van der Waals surface area (Å²) in [5, 5.41) is 5.56. The van der Waals surface area contributed by atoms with Crippen LogP contribution in [0.5, 0.6) is 5.75 Å². The van der Waals surface area contributed by atoms with Crippen molar-refractivity contribution < 1.29 is 10.1 Å². The highest BCUT2D eigenvalue weighted by molar-refractivity contribution is 5.65. The van der Waals surface area contributed by atoms with Crippen molar-refractivity contribution in [2.45, 2.75) is 6.42 Å². The van der Waals surface area contributed by atoms with Gasteiger partial charge in [-0.3, -0.25) is 0 Å². The Bertz CT molecular complexity index is 506. The second-order valence-corrected chi connectivity index (χ2v) is 5.82. The molecule has 0 unspecified atom stereocenters. The van der Waals surface area contributed by atoms with Crippen LogP contribution in [-0.4, -0.2) is 58.3 Å². The van der Waals surface area contributed by atoms with Gasteiger partial charge in [-0.05, 0) is 25.1 Å². The summed E-state index contributed by atoms with van der Waals surface area (Å²) in [4.78, 5) is 4.57. The van der Waals surface area contributed by atoms with Crippen molar-refractivity contribution in [3.8, 4) is 5.75 Å². The highest BCUT2D eigenvalue weighted by atomic mass is 16.5. The van der Waals surface area contributed by atoms with Gasteiger partial charge in [-0.25, -0.2) is 0 Å². The van der Waals surface area contributed by atoms with E-state index in [1.807, 2.05) is 24.5 Å². The van der Waals surface area contributed by atoms with Gasteiger partial charge >= 0.3 is 0 Å². The van der Waals surface area contributed by atoms with E-state index in [2.05, 4.69) is 40.6 Å². The van der Waals surface area contributed by atoms with Crippen LogP contribution in [0.2, 0.25) is 0 Å². The minimum absolute atomic E-state index is 0.724. The van der Waals surface area contributed by atoms with E-state index < -0.39 is 0 Å². The lowest BCUT2D eigenvalue weighted by Gasteiger charge is -2.31. The molecular weight excluding hydrogens is 290 g/mol. The second kappa shape index (κ2) is 9.27. The summed E-state index contributed by atoms with van der Waals surface area (Å²) in [7, 11) is 4.14. The van der Waals surface area contributed by atoms with E-state index in [-0.39, 0.29) is 0 Å². The van der Waals surface area contributed by atoms with Gasteiger partial charge in [0.05, 0.1) is 25.5 Å². The number of nitrogens with two attached hydrogens (primary N) is 2. The smallest absolute Gasteiger partial charge is 0.144 e. The molecule has 1 heterocycles. The average Bonchev–Trinajstić information content (AvgIpc) is 2.55. The Kier molecular flexibility index (Phi) is 7.03. The molecule has 0 aromatic heterocycles. The van der Waals surface area contributed by atoms with Gasteiger partial charge < -0.3 is 30.9 Å². The molecule has 0 saturated heterocycles. The zero-order chi connectivity index (χ0) is 16.5. The first kappa shape index (κ1) is 17.4. The number of rotatable bonds is 9. The molecule has 0 radical (unpaired) electrons. The standard InChI is InChI=1S/C17H29N5O/c1-19-7-10-21(2)9-3-6-20-8-11-22-12-13-23-17-14-15(18)4-5-16(17)22/h4-5,7,10,14,19-20H,3,6,8-9,11-13,18H2,1-2H3/p+1/b10-7-. The summed E-state index contributed by atoms with van der Waals surface area (Å²) in [6.07, 6.45) is 5.31. The number of nitrogens with zero attached hydrogens (tertiary/aromatic N) is 2. The Balaban J connectivity index is 1.65. The number of hydrogen-bond donors (Lipinski definition) is 3. The Morgan fingerprint density at radius 2 is 2.30 bits per heavy atom. The highest BCUT2D eigenvalue weighted by Gasteiger charge is 2.17. The number of fused-ring (bicyclic) bond motifs is 1. The molecule has 0 aliphatic carbocycles. The number of quaternary nitrogens is 1. The van der Waals surface area contributed by atoms with Crippen LogP contribution in [0.1, 0.15) is 6.42 Å². The Hall–Kier alpha value is -1.92. The molecule has 128 valence electrons. The van der Waals surface area contributed by atoms with Crippen LogP contribution in [0.15, 0.2) is 30.6 Å². The molecule has 5 N–H and O–H groups in total. The number of hydrogen-bond acceptors (Lipinski definition) is 5. The normalized spacial score (nSPS) is 13.9. The first-order valence-corrected chi connectivity index (χ1v) is 8.35. The van der Waals surface area contributed by atoms with E-state index in [9.17, 15) is 0 Å². The van der Waals surface area contributed by atoms with Crippen LogP contribution in [0.4, 0.5) is 11.4 Å². The molecule has 23 heavy (non-hydrogen) atoms. The van der Waals surface area contributed by atoms with Crippen LogP contribution in [-0.2, 0) is 0 Å². The molecule has 0 spiro atoms. The SMILES string of the molecule is C[NH2+]/C=C\N(C)CCCNCCN1CCOc2cc(N)ccc21. The Morgan fingerprint density at radius 3 is 3.13 bits per heavy atom. The summed E-state index contributed by atoms with van der Waals surface area (Å²) in [5.74, 6) is 0.900. The van der Waals surface area contributed by atoms with Crippen LogP contribution in [0.3, 0.4) is 0 Å². The van der Waals surface area contributed by atoms with Crippen molar-refractivity contribution in [2.24, 2.45) is 0 Å². The lowest BCUT2D eigenvalue weighted by molar-refractivity contribution is -0.557. The van der Waals surface area contributed by atoms with Gasteiger partial charge in [-0.15, -0.1) is 0 Å². The number of ether oxygens (including phenoxy) is 1. The molecule has 2 rings (SSSR count). The zero-order valence-corrected chi connectivity index (χ0v) is 14.3. The lowest BCUT2D eigenvalue weighted by Crippen LogP contribution is -2.72. The van der Waals surface area contributed by atoms with E-state index in [4.69, 9.17) is 10.5 Å². The van der Waals surface area contributed by atoms with Gasteiger partial charge in [0.2, 0.25) is 0 Å². The third-order valence-corrected chi connectivity index (χ3v) is 3.90. The molecule has 0 bridgehead atoms. The van der Waals surface area contributed by atoms with Gasteiger partial charge in [0.25, 0.3) is 0 Å². The number of nitrogens with one attached hydrogen (secondary N) is 1. The van der Waals surface area contributed by atoms with Crippen molar-refractivity contribution in [2.75, 3.05) is 64.1 Å². The molecule has 1 aromatic carbocycles. The largest absolute Gasteiger partial charge is 0.489 e. The maximum Gasteiger partial charge on any atom is 0.144 e. The summed E-state index contributed by atoms with van der Waals surface area (Å²) in [6, 6.07) is 5.90. The van der Waals surface area contributed by atoms with Gasteiger partial charge in [-0.1, -0.05) is 0 Å². The number of anilines is 2. The van der Waals surface area contributed by atoms with Crippen molar-refractivity contribution in [3.05, 3.63) is 30.6 Å². The fourth-order valence-corrected chi connectivity index (χ4v) is 2.63. The molecule has 1 aliphatic rings. The van der Waals surface area contributed by atoms with Crippen LogP contribution < -0.4 is 26.0 Å². The zero-order valence-electron chi connectivity index (χ0n) is 14.3. The molecule has 6 nitrogen and oxygen atoms in total. The molecule has 0 fully saturated rings. The second-order valence-electron chi connectivity index (χ2n) is 5.82. The molecule has 6 heteroatoms. The van der Waals surface area contributed by atoms with Crippen LogP contribution in [0.25, 0.3) is 0 Å². The van der Waals surface area contributed by atoms with Gasteiger partial charge in [-0.2, -0.15) is 0 Å². The van der Waals surface area contributed by atoms with E-state index in [1.165, 1.54) is 0 Å². The van der Waals surface area contributed by atoms with Crippen molar-refractivity contribution in [3.63, 3.8) is 0 Å². The number of benzene rings is 1. The predicted molar refractivity (Wildman–Crippen MR) is 95.7 cm³/mol. The topological polar surface area (TPSA) is 70.4 Å². The van der Waals surface area contributed by atoms with Gasteiger partial charge in [0, 0.05) is 38.4 Å². The minimum atomic E-state index is 0.724. The summed E-state index contributed by atoms with van der Waals surface area (Å²) < 4.78 is 5.68. The molecule has 0 amide bonds. The van der Waals surface area contributed by atoms with E-state index in [1.54, 1.807) is 0 Å². The summed E-state index contributed by atoms with van der Waals surface area (Å²) in [5.41, 5.74) is 7.71. The van der Waals surface area contributed by atoms with E-state index in [0.29, 0.717) is 0 Å². The third-order valence-electron chi connectivity index (χ3n) is 3.90. The molecule has 0 atom stereocenters. The first-order chi connectivity index (χ1) is 11.2. The van der Waals surface area contributed by atoms with Gasteiger partial charge in [0.1, 0.15) is 18.6 Å². The quantitative estimate of drug-likeness (QED) is 0.443. The lowest BCUT2D eigenvalue weighted by atomic mass is 10.2. The maximum absolute atomic E-state index is 5.82. The summed E-state index contributed by atoms with van der Waals surface area (Å²) in [6.45, 7) is 5.72. The predicted octanol–water partition coefficient (Wildman–Crippen LogP) is 0.0435. The summed E-state index contributed by atoms with van der Waals surface area (Å²) >= 11 is 0. The highest BCUT2D eigenvalue weighted by Crippen LogP contribution is 2.32. The number of nitrogen functional groups attached to an aromatic ring is 1. The fourth-order valence-electron chi connectivity index (χ4n) is 2.63. The fraction of sp³-hybridized carbons (Fsp3) is 0.529. The van der Waals surface area contributed by atoms with E-state index in [0.717, 1.165) is 62.9 Å². The molecular formula is C17H30N5O+. The minimum Gasteiger partial charge on any atom is -0.489 e. The first-order valence-electron chi connectivity index (χ1n) is 8.35. The Morgan fingerprint density at radius 1 is 1.43 bits per heavy atom. The average molecular weight is 320 g/mol. The van der Waals surface area contributed by atoms with Crippen molar-refractivity contribution >= 4 is 11.4 Å². The van der Waals surface area contributed by atoms with Crippen LogP contribution >= 0.6 is 0 Å². The van der Waals surface area contributed by atoms with Crippen molar-refractivity contribution in [1.82, 2.24) is 10.2 Å². The van der Waals surface area contributed by atoms with Crippen LogP contribution in [0, 0.1) is 0 Å². The Labute approximate surface area is 139 Å². The monoisotopic (exact) mass is 320 g/mol. The van der Waals surface area contributed by atoms with E-state index >= 15 is 0 Å². The third kappa shape index (κ3) is 5.65. The molecule has 1 aromatic rings. The van der Waals surface area contributed by atoms with Crippen molar-refractivity contribution in [1.29, 1.82) is 0 Å². The molecule has 1 aliphatic heterocycles. The molecule has 0 saturated carbocycles.